The van der Waals surface area contributed by atoms with E-state index >= 15 is 0 Å². The summed E-state index contributed by atoms with van der Waals surface area (Å²) in [6.07, 6.45) is 14.5. The molecule has 0 aromatic rings. The zero-order valence-electron chi connectivity index (χ0n) is 12.0. The molecule has 0 heterocycles. The predicted molar refractivity (Wildman–Crippen MR) is 76.7 cm³/mol. The van der Waals surface area contributed by atoms with Gasteiger partial charge in [-0.05, 0) is 67.8 Å². The fourth-order valence-corrected chi connectivity index (χ4v) is 5.51. The van der Waals surface area contributed by atoms with Crippen LogP contribution in [0.3, 0.4) is 0 Å². The molecule has 0 unspecified atom stereocenters. The third-order valence-corrected chi connectivity index (χ3v) is 6.52. The van der Waals surface area contributed by atoms with E-state index < -0.39 is 0 Å². The highest BCUT2D eigenvalue weighted by Gasteiger charge is 2.49. The molecule has 19 heavy (non-hydrogen) atoms. The molecule has 1 nitrogen and oxygen atoms in total. The van der Waals surface area contributed by atoms with Gasteiger partial charge in [-0.3, -0.25) is 4.79 Å². The van der Waals surface area contributed by atoms with Crippen LogP contribution in [0.5, 0.6) is 0 Å². The number of carbonyl (C=O) groups excluding carboxylic acids is 1. The molecule has 0 aliphatic heterocycles. The summed E-state index contributed by atoms with van der Waals surface area (Å²) in [6, 6.07) is 0. The zero-order valence-corrected chi connectivity index (χ0v) is 12.0. The van der Waals surface area contributed by atoms with E-state index in [9.17, 15) is 4.79 Å². The first-order valence-corrected chi connectivity index (χ1v) is 8.11. The van der Waals surface area contributed by atoms with Crippen molar-refractivity contribution in [3.05, 3.63) is 23.3 Å². The molecular weight excluding hydrogens is 232 g/mol. The summed E-state index contributed by atoms with van der Waals surface area (Å²) in [5.74, 6) is 2.72. The van der Waals surface area contributed by atoms with Gasteiger partial charge in [0.05, 0.1) is 0 Å². The summed E-state index contributed by atoms with van der Waals surface area (Å²) in [6.45, 7) is 2.53. The van der Waals surface area contributed by atoms with E-state index in [2.05, 4.69) is 13.0 Å². The Morgan fingerprint density at radius 3 is 2.95 bits per heavy atom. The molecule has 0 radical (unpaired) electrons. The molecule has 0 saturated heterocycles. The Labute approximate surface area is 116 Å². The number of hydrogen-bond acceptors (Lipinski definition) is 1. The van der Waals surface area contributed by atoms with Crippen LogP contribution in [0.2, 0.25) is 0 Å². The van der Waals surface area contributed by atoms with E-state index in [1.54, 1.807) is 5.57 Å². The summed E-state index contributed by atoms with van der Waals surface area (Å²) < 4.78 is 0. The first-order chi connectivity index (χ1) is 9.17. The van der Waals surface area contributed by atoms with Crippen molar-refractivity contribution in [1.29, 1.82) is 0 Å². The highest BCUT2D eigenvalue weighted by Crippen LogP contribution is 2.59. The lowest BCUT2D eigenvalue weighted by atomic mass is 9.56. The third-order valence-electron chi connectivity index (χ3n) is 6.52. The lowest BCUT2D eigenvalue weighted by Gasteiger charge is -2.48. The highest BCUT2D eigenvalue weighted by molar-refractivity contribution is 5.91. The molecule has 0 amide bonds. The standard InChI is InChI=1S/C18H24O/c1-18-9-2-3-17(18)16-6-4-12-11-13(19)5-7-14(12)15(16)8-10-18/h6,11,14-15,17H,2-5,7-10H2,1H3/t14-,15+,17-,18-/m0/s1. The third kappa shape index (κ3) is 1.70. The van der Waals surface area contributed by atoms with Crippen molar-refractivity contribution in [2.24, 2.45) is 23.2 Å². The van der Waals surface area contributed by atoms with Crippen LogP contribution < -0.4 is 0 Å². The molecule has 0 aromatic heterocycles. The molecular formula is C18H24O. The van der Waals surface area contributed by atoms with Crippen LogP contribution in [-0.2, 0) is 4.79 Å². The summed E-state index contributed by atoms with van der Waals surface area (Å²) >= 11 is 0. The van der Waals surface area contributed by atoms with E-state index in [4.69, 9.17) is 0 Å². The number of fused-ring (bicyclic) bond motifs is 5. The first kappa shape index (κ1) is 11.9. The number of hydrogen-bond donors (Lipinski definition) is 0. The van der Waals surface area contributed by atoms with Crippen molar-refractivity contribution in [2.75, 3.05) is 0 Å². The van der Waals surface area contributed by atoms with Gasteiger partial charge >= 0.3 is 0 Å². The van der Waals surface area contributed by atoms with E-state index in [1.807, 2.05) is 6.08 Å². The molecule has 102 valence electrons. The lowest BCUT2D eigenvalue weighted by molar-refractivity contribution is -0.115. The highest BCUT2D eigenvalue weighted by atomic mass is 16.1. The number of ketones is 1. The molecule has 0 aromatic carbocycles. The summed E-state index contributed by atoms with van der Waals surface area (Å²) in [5, 5.41) is 0. The number of allylic oxidation sites excluding steroid dienone is 4. The van der Waals surface area contributed by atoms with Gasteiger partial charge in [-0.1, -0.05) is 30.6 Å². The Hall–Kier alpha value is -0.850. The Bertz CT molecular complexity index is 484. The van der Waals surface area contributed by atoms with Crippen LogP contribution in [0.25, 0.3) is 0 Å². The Morgan fingerprint density at radius 1 is 1.16 bits per heavy atom. The number of rotatable bonds is 0. The average Bonchev–Trinajstić information content (AvgIpc) is 2.79. The van der Waals surface area contributed by atoms with Gasteiger partial charge in [-0.25, -0.2) is 0 Å². The van der Waals surface area contributed by atoms with Gasteiger partial charge in [0.25, 0.3) is 0 Å². The molecule has 4 atom stereocenters. The minimum absolute atomic E-state index is 0.365. The lowest BCUT2D eigenvalue weighted by Crippen LogP contribution is -2.38. The van der Waals surface area contributed by atoms with Gasteiger partial charge in [-0.2, -0.15) is 0 Å². The molecule has 0 N–H and O–H groups in total. The fraction of sp³-hybridized carbons (Fsp3) is 0.722. The van der Waals surface area contributed by atoms with Crippen molar-refractivity contribution in [1.82, 2.24) is 0 Å². The Kier molecular flexibility index (Phi) is 2.56. The Morgan fingerprint density at radius 2 is 2.05 bits per heavy atom. The van der Waals surface area contributed by atoms with Gasteiger partial charge in [0.1, 0.15) is 0 Å². The van der Waals surface area contributed by atoms with Crippen LogP contribution in [0.15, 0.2) is 23.3 Å². The van der Waals surface area contributed by atoms with Gasteiger partial charge in [0.2, 0.25) is 0 Å². The molecule has 4 aliphatic carbocycles. The SMILES string of the molecule is C[C@@]12CCC[C@H]1C1=CCC3=CC(=O)CC[C@@H]3[C@H]1CC2. The number of carbonyl (C=O) groups is 1. The molecule has 2 saturated carbocycles. The predicted octanol–water partition coefficient (Wildman–Crippen LogP) is 4.44. The minimum atomic E-state index is 0.365. The summed E-state index contributed by atoms with van der Waals surface area (Å²) in [7, 11) is 0. The van der Waals surface area contributed by atoms with Gasteiger partial charge in [0, 0.05) is 6.42 Å². The Balaban J connectivity index is 1.71. The largest absolute Gasteiger partial charge is 0.295 e. The molecule has 2 fully saturated rings. The van der Waals surface area contributed by atoms with Crippen LogP contribution in [0.4, 0.5) is 0 Å². The maximum Gasteiger partial charge on any atom is 0.155 e. The van der Waals surface area contributed by atoms with E-state index in [1.165, 1.54) is 37.7 Å². The second-order valence-electron chi connectivity index (χ2n) is 7.48. The van der Waals surface area contributed by atoms with Crippen LogP contribution in [0, 0.1) is 23.2 Å². The molecule has 4 rings (SSSR count). The zero-order chi connectivity index (χ0) is 13.0. The van der Waals surface area contributed by atoms with Crippen molar-refractivity contribution in [3.8, 4) is 0 Å². The topological polar surface area (TPSA) is 17.1 Å². The van der Waals surface area contributed by atoms with Crippen molar-refractivity contribution in [3.63, 3.8) is 0 Å². The molecule has 0 spiro atoms. The van der Waals surface area contributed by atoms with Crippen LogP contribution in [0.1, 0.15) is 58.3 Å². The second kappa shape index (κ2) is 4.07. The van der Waals surface area contributed by atoms with E-state index in [-0.39, 0.29) is 0 Å². The molecule has 4 aliphatic rings. The molecule has 1 heteroatoms. The van der Waals surface area contributed by atoms with Crippen molar-refractivity contribution >= 4 is 5.78 Å². The first-order valence-electron chi connectivity index (χ1n) is 8.11. The molecule has 0 bridgehead atoms. The normalized spacial score (nSPS) is 44.9. The van der Waals surface area contributed by atoms with Gasteiger partial charge < -0.3 is 0 Å². The van der Waals surface area contributed by atoms with Crippen molar-refractivity contribution < 1.29 is 4.79 Å². The quantitative estimate of drug-likeness (QED) is 0.586. The fourth-order valence-electron chi connectivity index (χ4n) is 5.51. The smallest absolute Gasteiger partial charge is 0.155 e. The van der Waals surface area contributed by atoms with Crippen LogP contribution >= 0.6 is 0 Å². The van der Waals surface area contributed by atoms with E-state index in [0.29, 0.717) is 17.1 Å². The monoisotopic (exact) mass is 256 g/mol. The minimum Gasteiger partial charge on any atom is -0.295 e. The van der Waals surface area contributed by atoms with Crippen molar-refractivity contribution in [2.45, 2.75) is 58.3 Å². The average molecular weight is 256 g/mol. The summed E-state index contributed by atoms with van der Waals surface area (Å²) in [5.41, 5.74) is 3.85. The van der Waals surface area contributed by atoms with Gasteiger partial charge in [-0.15, -0.1) is 0 Å². The van der Waals surface area contributed by atoms with Gasteiger partial charge in [0.15, 0.2) is 5.78 Å². The second-order valence-corrected chi connectivity index (χ2v) is 7.48. The van der Waals surface area contributed by atoms with Crippen LogP contribution in [-0.4, -0.2) is 5.78 Å². The van der Waals surface area contributed by atoms with E-state index in [0.717, 1.165) is 31.1 Å². The maximum absolute atomic E-state index is 11.6. The maximum atomic E-state index is 11.6. The summed E-state index contributed by atoms with van der Waals surface area (Å²) in [4.78, 5) is 11.6.